The first-order valence-corrected chi connectivity index (χ1v) is 6.72. The van der Waals surface area contributed by atoms with Crippen LogP contribution in [0.1, 0.15) is 5.56 Å². The van der Waals surface area contributed by atoms with Crippen LogP contribution in [0.25, 0.3) is 0 Å². The lowest BCUT2D eigenvalue weighted by atomic mass is 10.1. The third kappa shape index (κ3) is 2.07. The van der Waals surface area contributed by atoms with Crippen LogP contribution in [0, 0.1) is 0 Å². The fraction of sp³-hybridized carbons (Fsp3) is 0.0667. The zero-order valence-corrected chi connectivity index (χ0v) is 11.5. The van der Waals surface area contributed by atoms with Crippen molar-refractivity contribution in [1.82, 2.24) is 5.43 Å². The Hall–Kier alpha value is -2.24. The predicted octanol–water partition coefficient (Wildman–Crippen LogP) is 2.07. The van der Waals surface area contributed by atoms with Crippen LogP contribution in [-0.4, -0.2) is 17.0 Å². The molecule has 1 heterocycles. The molecule has 0 amide bonds. The molecule has 0 fully saturated rings. The highest BCUT2D eigenvalue weighted by atomic mass is 32.1. The summed E-state index contributed by atoms with van der Waals surface area (Å²) in [7, 11) is 0. The Morgan fingerprint density at radius 2 is 1.65 bits per heavy atom. The van der Waals surface area contributed by atoms with Gasteiger partial charge in [-0.1, -0.05) is 60.7 Å². The number of anilines is 1. The topological polar surface area (TPSA) is 53.6 Å². The highest BCUT2D eigenvalue weighted by Gasteiger charge is 2.39. The number of thiocarbonyl (C=S) groups is 1. The number of para-hydroxylation sites is 1. The van der Waals surface area contributed by atoms with E-state index in [-0.39, 0.29) is 0 Å². The number of hydrogen-bond donors (Lipinski definition) is 2. The lowest BCUT2D eigenvalue weighted by Crippen LogP contribution is -2.62. The summed E-state index contributed by atoms with van der Waals surface area (Å²) in [4.78, 5) is 1.90. The predicted molar refractivity (Wildman–Crippen MR) is 85.6 cm³/mol. The monoisotopic (exact) mass is 282 g/mol. The first-order chi connectivity index (χ1) is 9.74. The minimum absolute atomic E-state index is 0.750. The van der Waals surface area contributed by atoms with Crippen LogP contribution in [0.3, 0.4) is 0 Å². The zero-order valence-electron chi connectivity index (χ0n) is 10.7. The van der Waals surface area contributed by atoms with Gasteiger partial charge in [0.2, 0.25) is 5.79 Å². The molecular formula is C15H14N4S. The Labute approximate surface area is 122 Å². The second-order valence-corrected chi connectivity index (χ2v) is 4.76. The van der Waals surface area contributed by atoms with Crippen LogP contribution in [0.2, 0.25) is 0 Å². The van der Waals surface area contributed by atoms with Gasteiger partial charge in [0.05, 0.1) is 0 Å². The van der Waals surface area contributed by atoms with E-state index in [0.717, 1.165) is 17.1 Å². The maximum absolute atomic E-state index is 6.30. The molecule has 0 radical (unpaired) electrons. The van der Waals surface area contributed by atoms with E-state index in [9.17, 15) is 0 Å². The summed E-state index contributed by atoms with van der Waals surface area (Å²) >= 11 is 5.08. The second kappa shape index (κ2) is 5.03. The summed E-state index contributed by atoms with van der Waals surface area (Å²) in [5.41, 5.74) is 11.1. The van der Waals surface area contributed by atoms with Gasteiger partial charge in [0.15, 0.2) is 5.84 Å². The molecule has 2 aromatic rings. The zero-order chi connectivity index (χ0) is 14.0. The Morgan fingerprint density at radius 1 is 1.05 bits per heavy atom. The number of hydrogen-bond acceptors (Lipinski definition) is 5. The van der Waals surface area contributed by atoms with Crippen molar-refractivity contribution >= 4 is 29.1 Å². The summed E-state index contributed by atoms with van der Waals surface area (Å²) in [6.45, 7) is 0. The third-order valence-electron chi connectivity index (χ3n) is 3.15. The van der Waals surface area contributed by atoms with E-state index < -0.39 is 5.79 Å². The van der Waals surface area contributed by atoms with Gasteiger partial charge in [-0.05, 0) is 12.1 Å². The van der Waals surface area contributed by atoms with Gasteiger partial charge in [-0.2, -0.15) is 5.10 Å². The lowest BCUT2D eigenvalue weighted by molar-refractivity contribution is 0.524. The Balaban J connectivity index is 2.09. The summed E-state index contributed by atoms with van der Waals surface area (Å²) in [6.07, 6.45) is 0. The quantitative estimate of drug-likeness (QED) is 0.846. The van der Waals surface area contributed by atoms with Crippen LogP contribution in [-0.2, 0) is 0 Å². The van der Waals surface area contributed by atoms with Gasteiger partial charge >= 0.3 is 0 Å². The van der Waals surface area contributed by atoms with Gasteiger partial charge < -0.3 is 0 Å². The molecule has 0 spiro atoms. The van der Waals surface area contributed by atoms with Crippen LogP contribution in [0.4, 0.5) is 5.69 Å². The average molecular weight is 282 g/mol. The van der Waals surface area contributed by atoms with Crippen molar-refractivity contribution in [2.24, 2.45) is 10.8 Å². The van der Waals surface area contributed by atoms with Crippen LogP contribution in [0.5, 0.6) is 0 Å². The molecule has 5 heteroatoms. The summed E-state index contributed by atoms with van der Waals surface area (Å²) in [6, 6.07) is 19.7. The van der Waals surface area contributed by atoms with Crippen molar-refractivity contribution in [2.45, 2.75) is 5.79 Å². The maximum Gasteiger partial charge on any atom is 0.215 e. The Morgan fingerprint density at radius 3 is 2.25 bits per heavy atom. The average Bonchev–Trinajstić information content (AvgIpc) is 2.87. The molecule has 100 valence electrons. The van der Waals surface area contributed by atoms with Crippen molar-refractivity contribution in [3.63, 3.8) is 0 Å². The first-order valence-electron chi connectivity index (χ1n) is 6.25. The standard InChI is InChI=1S/C15H14N4S/c16-15(11-20)18-17-14(12-7-3-1-4-8-12)19(15)13-9-5-2-6-10-13/h1-11,18H,16H2. The minimum Gasteiger partial charge on any atom is -0.286 e. The number of nitrogens with two attached hydrogens (primary N) is 1. The smallest absolute Gasteiger partial charge is 0.215 e. The van der Waals surface area contributed by atoms with Crippen LogP contribution < -0.4 is 16.1 Å². The van der Waals surface area contributed by atoms with Gasteiger partial charge in [-0.25, -0.2) is 0 Å². The molecular weight excluding hydrogens is 268 g/mol. The number of nitrogens with zero attached hydrogens (tertiary/aromatic N) is 2. The fourth-order valence-corrected chi connectivity index (χ4v) is 2.35. The fourth-order valence-electron chi connectivity index (χ4n) is 2.19. The molecule has 0 saturated carbocycles. The summed E-state index contributed by atoms with van der Waals surface area (Å²) in [5.74, 6) is -0.248. The largest absolute Gasteiger partial charge is 0.286 e. The molecule has 1 unspecified atom stereocenters. The van der Waals surface area contributed by atoms with E-state index in [4.69, 9.17) is 18.0 Å². The van der Waals surface area contributed by atoms with Crippen molar-refractivity contribution < 1.29 is 0 Å². The maximum atomic E-state index is 6.30. The van der Waals surface area contributed by atoms with Gasteiger partial charge in [0, 0.05) is 16.6 Å². The molecule has 0 bridgehead atoms. The highest BCUT2D eigenvalue weighted by molar-refractivity contribution is 7.79. The van der Waals surface area contributed by atoms with Crippen molar-refractivity contribution in [2.75, 3.05) is 4.90 Å². The van der Waals surface area contributed by atoms with Gasteiger partial charge in [-0.15, -0.1) is 0 Å². The molecule has 1 aliphatic rings. The SMILES string of the molecule is NC1(C=S)NN=C(c2ccccc2)N1c1ccccc1. The first kappa shape index (κ1) is 12.8. The summed E-state index contributed by atoms with van der Waals surface area (Å²) < 4.78 is 0. The van der Waals surface area contributed by atoms with Gasteiger partial charge in [-0.3, -0.25) is 16.1 Å². The Kier molecular flexibility index (Phi) is 3.22. The van der Waals surface area contributed by atoms with Crippen molar-refractivity contribution in [3.05, 3.63) is 66.2 Å². The number of rotatable bonds is 3. The second-order valence-electron chi connectivity index (χ2n) is 4.53. The number of benzene rings is 2. The molecule has 0 aliphatic carbocycles. The molecule has 0 aromatic heterocycles. The molecule has 4 nitrogen and oxygen atoms in total. The molecule has 20 heavy (non-hydrogen) atoms. The lowest BCUT2D eigenvalue weighted by Gasteiger charge is -2.33. The van der Waals surface area contributed by atoms with Gasteiger partial charge in [0.25, 0.3) is 0 Å². The molecule has 1 aliphatic heterocycles. The van der Waals surface area contributed by atoms with E-state index in [0.29, 0.717) is 0 Å². The van der Waals surface area contributed by atoms with E-state index in [1.54, 1.807) is 0 Å². The van der Waals surface area contributed by atoms with E-state index in [1.165, 1.54) is 5.37 Å². The molecule has 2 aromatic carbocycles. The number of nitrogens with one attached hydrogen (secondary N) is 1. The highest BCUT2D eigenvalue weighted by Crippen LogP contribution is 2.25. The van der Waals surface area contributed by atoms with Crippen molar-refractivity contribution in [3.8, 4) is 0 Å². The normalized spacial score (nSPS) is 21.2. The van der Waals surface area contributed by atoms with Gasteiger partial charge in [0.1, 0.15) is 0 Å². The molecule has 1 atom stereocenters. The van der Waals surface area contributed by atoms with Crippen molar-refractivity contribution in [1.29, 1.82) is 0 Å². The number of amidine groups is 1. The number of hydrazone groups is 1. The van der Waals surface area contributed by atoms with E-state index in [2.05, 4.69) is 10.5 Å². The molecule has 0 saturated heterocycles. The molecule has 3 rings (SSSR count). The van der Waals surface area contributed by atoms with E-state index >= 15 is 0 Å². The summed E-state index contributed by atoms with van der Waals surface area (Å²) in [5, 5.41) is 5.84. The van der Waals surface area contributed by atoms with Crippen LogP contribution in [0.15, 0.2) is 65.8 Å². The Bertz CT molecular complexity index is 641. The molecule has 3 N–H and O–H groups in total. The minimum atomic E-state index is -0.998. The van der Waals surface area contributed by atoms with Crippen LogP contribution >= 0.6 is 12.2 Å². The van der Waals surface area contributed by atoms with E-state index in [1.807, 2.05) is 65.6 Å². The third-order valence-corrected chi connectivity index (χ3v) is 3.51.